The van der Waals surface area contributed by atoms with Crippen LogP contribution < -0.4 is 14.8 Å². The van der Waals surface area contributed by atoms with Crippen molar-refractivity contribution in [3.8, 4) is 11.5 Å². The third-order valence-electron chi connectivity index (χ3n) is 8.61. The molecule has 208 valence electrons. The number of carbonyl (C=O) groups excluding carboxylic acids is 3. The van der Waals surface area contributed by atoms with E-state index in [0.29, 0.717) is 54.0 Å². The maximum atomic E-state index is 14.0. The number of benzene rings is 2. The average molecular weight is 534 g/mol. The molecule has 0 spiro atoms. The summed E-state index contributed by atoms with van der Waals surface area (Å²) in [4.78, 5) is 43.2. The van der Waals surface area contributed by atoms with Crippen molar-refractivity contribution in [3.63, 3.8) is 0 Å². The van der Waals surface area contributed by atoms with Gasteiger partial charge in [-0.25, -0.2) is 0 Å². The summed E-state index contributed by atoms with van der Waals surface area (Å²) < 4.78 is 10.9. The van der Waals surface area contributed by atoms with Crippen molar-refractivity contribution >= 4 is 17.7 Å². The number of nitrogens with one attached hydrogen (secondary N) is 1. The highest BCUT2D eigenvalue weighted by atomic mass is 16.5. The third kappa shape index (κ3) is 5.66. The summed E-state index contributed by atoms with van der Waals surface area (Å²) in [5.74, 6) is 1.62. The predicted molar refractivity (Wildman–Crippen MR) is 148 cm³/mol. The van der Waals surface area contributed by atoms with Crippen LogP contribution in [0.2, 0.25) is 0 Å². The number of piperidine rings is 1. The van der Waals surface area contributed by atoms with Gasteiger partial charge in [-0.3, -0.25) is 19.3 Å². The Morgan fingerprint density at radius 1 is 0.974 bits per heavy atom. The molecule has 0 unspecified atom stereocenters. The summed E-state index contributed by atoms with van der Waals surface area (Å²) in [5, 5.41) is 3.51. The molecule has 2 fully saturated rings. The Labute approximate surface area is 230 Å². The van der Waals surface area contributed by atoms with Crippen molar-refractivity contribution in [1.82, 2.24) is 15.1 Å². The molecule has 39 heavy (non-hydrogen) atoms. The van der Waals surface area contributed by atoms with Gasteiger partial charge < -0.3 is 19.7 Å². The molecule has 2 aromatic carbocycles. The monoisotopic (exact) mass is 533 g/mol. The van der Waals surface area contributed by atoms with Crippen molar-refractivity contribution in [2.24, 2.45) is 5.92 Å². The highest BCUT2D eigenvalue weighted by molar-refractivity contribution is 6.21. The molecule has 0 radical (unpaired) electrons. The van der Waals surface area contributed by atoms with Crippen LogP contribution in [0.25, 0.3) is 0 Å². The molecule has 1 N–H and O–H groups in total. The van der Waals surface area contributed by atoms with Crippen LogP contribution in [0, 0.1) is 5.92 Å². The Kier molecular flexibility index (Phi) is 8.50. The number of hydrogen-bond acceptors (Lipinski definition) is 6. The molecule has 0 aromatic heterocycles. The van der Waals surface area contributed by atoms with E-state index in [1.165, 1.54) is 30.6 Å². The first-order valence-corrected chi connectivity index (χ1v) is 14.2. The molecule has 8 heteroatoms. The molecule has 1 saturated heterocycles. The number of hydrogen-bond donors (Lipinski definition) is 1. The number of nitrogens with zero attached hydrogens (tertiary/aromatic N) is 2. The summed E-state index contributed by atoms with van der Waals surface area (Å²) in [6, 6.07) is 12.5. The Morgan fingerprint density at radius 3 is 2.41 bits per heavy atom. The Hall–Kier alpha value is -3.39. The zero-order chi connectivity index (χ0) is 27.4. The zero-order valence-electron chi connectivity index (χ0n) is 23.0. The normalized spacial score (nSPS) is 21.4. The molecule has 1 aliphatic carbocycles. The van der Waals surface area contributed by atoms with Gasteiger partial charge in [-0.15, -0.1) is 0 Å². The fraction of sp³-hybridized carbons (Fsp3) is 0.516. The number of amides is 3. The lowest BCUT2D eigenvalue weighted by Crippen LogP contribution is -2.55. The molecule has 2 heterocycles. The van der Waals surface area contributed by atoms with Gasteiger partial charge in [-0.1, -0.05) is 31.0 Å². The van der Waals surface area contributed by atoms with E-state index in [1.54, 1.807) is 38.5 Å². The van der Waals surface area contributed by atoms with Crippen LogP contribution in [0.15, 0.2) is 42.5 Å². The van der Waals surface area contributed by atoms with Gasteiger partial charge in [-0.2, -0.15) is 0 Å². The van der Waals surface area contributed by atoms with E-state index in [4.69, 9.17) is 9.47 Å². The second-order valence-electron chi connectivity index (χ2n) is 10.8. The quantitative estimate of drug-likeness (QED) is 0.455. The van der Waals surface area contributed by atoms with Crippen molar-refractivity contribution < 1.29 is 23.9 Å². The first-order valence-electron chi connectivity index (χ1n) is 14.2. The van der Waals surface area contributed by atoms with E-state index in [0.717, 1.165) is 24.9 Å². The number of imide groups is 1. The summed E-state index contributed by atoms with van der Waals surface area (Å²) in [6.07, 6.45) is 8.01. The first kappa shape index (κ1) is 27.2. The number of carbonyl (C=O) groups is 3. The lowest BCUT2D eigenvalue weighted by Gasteiger charge is -2.45. The van der Waals surface area contributed by atoms with Crippen LogP contribution in [0.1, 0.15) is 77.6 Å². The van der Waals surface area contributed by atoms with Crippen LogP contribution in [-0.4, -0.2) is 66.9 Å². The second-order valence-corrected chi connectivity index (χ2v) is 10.8. The summed E-state index contributed by atoms with van der Waals surface area (Å²) in [7, 11) is 3.24. The molecular weight excluding hydrogens is 494 g/mol. The number of methoxy groups -OCH3 is 2. The Bertz CT molecular complexity index is 1180. The van der Waals surface area contributed by atoms with Crippen LogP contribution in [-0.2, 0) is 11.3 Å². The van der Waals surface area contributed by atoms with E-state index >= 15 is 0 Å². The number of likely N-dealkylation sites (tertiary alicyclic amines) is 1. The molecule has 2 aromatic rings. The van der Waals surface area contributed by atoms with Gasteiger partial charge in [0.2, 0.25) is 5.91 Å². The second kappa shape index (κ2) is 12.2. The summed E-state index contributed by atoms with van der Waals surface area (Å²) >= 11 is 0. The fourth-order valence-corrected chi connectivity index (χ4v) is 6.54. The third-order valence-corrected chi connectivity index (χ3v) is 8.61. The summed E-state index contributed by atoms with van der Waals surface area (Å²) in [5.41, 5.74) is 1.85. The van der Waals surface area contributed by atoms with Gasteiger partial charge >= 0.3 is 0 Å². The number of rotatable bonds is 10. The molecule has 3 atom stereocenters. The molecular formula is C31H39N3O5. The minimum absolute atomic E-state index is 0.126. The summed E-state index contributed by atoms with van der Waals surface area (Å²) in [6.45, 7) is 1.54. The molecule has 3 amide bonds. The van der Waals surface area contributed by atoms with Gasteiger partial charge in [0.1, 0.15) is 11.5 Å². The van der Waals surface area contributed by atoms with Crippen LogP contribution in [0.3, 0.4) is 0 Å². The van der Waals surface area contributed by atoms with E-state index in [9.17, 15) is 14.4 Å². The maximum absolute atomic E-state index is 14.0. The van der Waals surface area contributed by atoms with Crippen molar-refractivity contribution in [3.05, 3.63) is 59.2 Å². The minimum atomic E-state index is -0.423. The smallest absolute Gasteiger partial charge is 0.261 e. The molecule has 3 aliphatic rings. The van der Waals surface area contributed by atoms with E-state index < -0.39 is 6.04 Å². The Morgan fingerprint density at radius 2 is 1.69 bits per heavy atom. The van der Waals surface area contributed by atoms with Crippen LogP contribution >= 0.6 is 0 Å². The minimum Gasteiger partial charge on any atom is -0.497 e. The van der Waals surface area contributed by atoms with Crippen LogP contribution in [0.5, 0.6) is 11.5 Å². The highest BCUT2D eigenvalue weighted by Gasteiger charge is 2.39. The lowest BCUT2D eigenvalue weighted by atomic mass is 9.78. The maximum Gasteiger partial charge on any atom is 0.261 e. The zero-order valence-corrected chi connectivity index (χ0v) is 23.0. The number of ether oxygens (including phenoxy) is 2. The van der Waals surface area contributed by atoms with E-state index in [1.807, 2.05) is 18.2 Å². The van der Waals surface area contributed by atoms with Gasteiger partial charge in [0.25, 0.3) is 11.8 Å². The van der Waals surface area contributed by atoms with Gasteiger partial charge in [0, 0.05) is 37.3 Å². The van der Waals surface area contributed by atoms with E-state index in [-0.39, 0.29) is 24.3 Å². The molecule has 5 rings (SSSR count). The van der Waals surface area contributed by atoms with Gasteiger partial charge in [0.05, 0.1) is 31.4 Å². The van der Waals surface area contributed by atoms with Crippen molar-refractivity contribution in [2.45, 2.75) is 70.0 Å². The largest absolute Gasteiger partial charge is 0.497 e. The molecule has 1 saturated carbocycles. The molecule has 0 bridgehead atoms. The standard InChI is InChI=1S/C31H39N3O5/c1-38-23-16-15-22(28(19-23)39-2)20-32-26(31(37)33-17-7-10-21-9-3-6-14-27(21)33)13-8-18-34-29(35)24-11-4-5-12-25(24)30(34)36/h4-5,11-12,15-16,19,21,26-27,32H,3,6-10,13-14,17-18,20H2,1-2H3/t21-,26-,27+/m1/s1. The van der Waals surface area contributed by atoms with Crippen molar-refractivity contribution in [1.29, 1.82) is 0 Å². The highest BCUT2D eigenvalue weighted by Crippen LogP contribution is 2.36. The molecule has 8 nitrogen and oxygen atoms in total. The lowest BCUT2D eigenvalue weighted by molar-refractivity contribution is -0.140. The fourth-order valence-electron chi connectivity index (χ4n) is 6.54. The SMILES string of the molecule is COc1ccc(CN[C@H](CCCN2C(=O)c3ccccc3C2=O)C(=O)N2CCC[C@H]3CCCC[C@@H]32)c(OC)c1. The average Bonchev–Trinajstić information content (AvgIpc) is 3.23. The van der Waals surface area contributed by atoms with Crippen molar-refractivity contribution in [2.75, 3.05) is 27.3 Å². The number of fused-ring (bicyclic) bond motifs is 2. The molecule has 2 aliphatic heterocycles. The van der Waals surface area contributed by atoms with E-state index in [2.05, 4.69) is 10.2 Å². The Balaban J connectivity index is 1.29. The topological polar surface area (TPSA) is 88.2 Å². The predicted octanol–water partition coefficient (Wildman–Crippen LogP) is 4.42. The van der Waals surface area contributed by atoms with Gasteiger partial charge in [0.15, 0.2) is 0 Å². The van der Waals surface area contributed by atoms with Crippen LogP contribution in [0.4, 0.5) is 0 Å². The first-order chi connectivity index (χ1) is 19.0. The van der Waals surface area contributed by atoms with Gasteiger partial charge in [-0.05, 0) is 62.6 Å².